The van der Waals surface area contributed by atoms with Crippen molar-refractivity contribution in [1.82, 2.24) is 10.6 Å². The van der Waals surface area contributed by atoms with Crippen molar-refractivity contribution in [2.75, 3.05) is 13.1 Å². The van der Waals surface area contributed by atoms with Crippen molar-refractivity contribution in [2.24, 2.45) is 0 Å². The smallest absolute Gasteiger partial charge is 0.236 e. The number of carbonyl (C=O) groups excluding carboxylic acids is 1. The van der Waals surface area contributed by atoms with E-state index < -0.39 is 0 Å². The summed E-state index contributed by atoms with van der Waals surface area (Å²) in [6.07, 6.45) is 1.93. The lowest BCUT2D eigenvalue weighted by Crippen LogP contribution is -2.43. The Labute approximate surface area is 116 Å². The molecule has 3 nitrogen and oxygen atoms in total. The van der Waals surface area contributed by atoms with Gasteiger partial charge in [-0.3, -0.25) is 4.79 Å². The number of hydrogen-bond donors (Lipinski definition) is 2. The molecule has 0 aliphatic heterocycles. The maximum Gasteiger partial charge on any atom is 0.236 e. The van der Waals surface area contributed by atoms with Gasteiger partial charge in [0.15, 0.2) is 0 Å². The number of carbonyl (C=O) groups is 1. The predicted octanol–water partition coefficient (Wildman–Crippen LogP) is 2.16. The molecule has 0 aliphatic carbocycles. The van der Waals surface area contributed by atoms with Crippen LogP contribution >= 0.6 is 12.4 Å². The minimum atomic E-state index is -0.106. The third kappa shape index (κ3) is 6.62. The fourth-order valence-electron chi connectivity index (χ4n) is 1.58. The third-order valence-corrected chi connectivity index (χ3v) is 2.65. The molecule has 2 N–H and O–H groups in total. The highest BCUT2D eigenvalue weighted by molar-refractivity contribution is 5.85. The maximum absolute atomic E-state index is 11.7. The zero-order chi connectivity index (χ0) is 12.5. The van der Waals surface area contributed by atoms with Crippen molar-refractivity contribution in [3.05, 3.63) is 35.9 Å². The lowest BCUT2D eigenvalue weighted by molar-refractivity contribution is -0.122. The molecule has 1 rings (SSSR count). The molecule has 0 spiro atoms. The predicted molar refractivity (Wildman–Crippen MR) is 78.2 cm³/mol. The van der Waals surface area contributed by atoms with Crippen LogP contribution in [0.25, 0.3) is 0 Å². The molecule has 0 heterocycles. The Balaban J connectivity index is 0.00000289. The van der Waals surface area contributed by atoms with Crippen LogP contribution < -0.4 is 10.6 Å². The van der Waals surface area contributed by atoms with Gasteiger partial charge in [-0.2, -0.15) is 0 Å². The molecule has 1 unspecified atom stereocenters. The Bertz CT molecular complexity index is 330. The topological polar surface area (TPSA) is 41.1 Å². The van der Waals surface area contributed by atoms with Gasteiger partial charge in [0.2, 0.25) is 5.91 Å². The van der Waals surface area contributed by atoms with Crippen LogP contribution in [0.2, 0.25) is 0 Å². The Hall–Kier alpha value is -1.06. The highest BCUT2D eigenvalue weighted by atomic mass is 35.5. The van der Waals surface area contributed by atoms with Gasteiger partial charge in [0.25, 0.3) is 0 Å². The van der Waals surface area contributed by atoms with Gasteiger partial charge in [-0.25, -0.2) is 0 Å². The summed E-state index contributed by atoms with van der Waals surface area (Å²) in [6.45, 7) is 5.56. The molecule has 0 aliphatic rings. The molecule has 1 atom stereocenters. The molecular weight excluding hydrogens is 248 g/mol. The number of nitrogens with one attached hydrogen (secondary N) is 2. The summed E-state index contributed by atoms with van der Waals surface area (Å²) in [7, 11) is 0. The molecule has 1 amide bonds. The first kappa shape index (κ1) is 16.9. The Kier molecular flexibility index (Phi) is 9.33. The summed E-state index contributed by atoms with van der Waals surface area (Å²) in [5, 5.41) is 6.11. The summed E-state index contributed by atoms with van der Waals surface area (Å²) in [5.41, 5.74) is 1.25. The molecular formula is C14H23ClN2O. The van der Waals surface area contributed by atoms with Crippen molar-refractivity contribution >= 4 is 18.3 Å². The van der Waals surface area contributed by atoms with Crippen molar-refractivity contribution in [2.45, 2.75) is 32.7 Å². The second kappa shape index (κ2) is 9.92. The molecule has 0 aromatic heterocycles. The normalized spacial score (nSPS) is 11.4. The molecule has 1 aromatic carbocycles. The van der Waals surface area contributed by atoms with Crippen molar-refractivity contribution in [3.63, 3.8) is 0 Å². The van der Waals surface area contributed by atoms with Crippen molar-refractivity contribution < 1.29 is 4.79 Å². The highest BCUT2D eigenvalue weighted by Crippen LogP contribution is 1.98. The zero-order valence-corrected chi connectivity index (χ0v) is 11.9. The summed E-state index contributed by atoms with van der Waals surface area (Å²) in [4.78, 5) is 11.7. The fourth-order valence-corrected chi connectivity index (χ4v) is 1.58. The van der Waals surface area contributed by atoms with Crippen molar-refractivity contribution in [3.8, 4) is 0 Å². The highest BCUT2D eigenvalue weighted by Gasteiger charge is 2.09. The Morgan fingerprint density at radius 2 is 1.89 bits per heavy atom. The number of benzene rings is 1. The Morgan fingerprint density at radius 1 is 1.22 bits per heavy atom. The summed E-state index contributed by atoms with van der Waals surface area (Å²) in [6, 6.07) is 10.1. The number of rotatable bonds is 7. The van der Waals surface area contributed by atoms with Gasteiger partial charge in [-0.05, 0) is 31.9 Å². The molecule has 0 radical (unpaired) electrons. The number of halogens is 1. The van der Waals surface area contributed by atoms with E-state index in [1.165, 1.54) is 5.56 Å². The van der Waals surface area contributed by atoms with Gasteiger partial charge in [-0.1, -0.05) is 37.3 Å². The molecule has 0 fully saturated rings. The lowest BCUT2D eigenvalue weighted by Gasteiger charge is -2.13. The van der Waals surface area contributed by atoms with E-state index in [1.807, 2.05) is 25.1 Å². The maximum atomic E-state index is 11.7. The molecule has 0 bridgehead atoms. The van der Waals surface area contributed by atoms with E-state index in [4.69, 9.17) is 0 Å². The van der Waals surface area contributed by atoms with E-state index in [-0.39, 0.29) is 24.4 Å². The van der Waals surface area contributed by atoms with E-state index in [2.05, 4.69) is 29.7 Å². The second-order valence-corrected chi connectivity index (χ2v) is 4.20. The van der Waals surface area contributed by atoms with Crippen LogP contribution in [0.3, 0.4) is 0 Å². The first-order valence-corrected chi connectivity index (χ1v) is 6.29. The molecule has 1 aromatic rings. The van der Waals surface area contributed by atoms with Crippen LogP contribution in [0.4, 0.5) is 0 Å². The summed E-state index contributed by atoms with van der Waals surface area (Å²) >= 11 is 0. The van der Waals surface area contributed by atoms with Gasteiger partial charge < -0.3 is 10.6 Å². The third-order valence-electron chi connectivity index (χ3n) is 2.65. The molecule has 4 heteroatoms. The average Bonchev–Trinajstić information content (AvgIpc) is 2.37. The second-order valence-electron chi connectivity index (χ2n) is 4.20. The molecule has 18 heavy (non-hydrogen) atoms. The van der Waals surface area contributed by atoms with E-state index in [0.29, 0.717) is 6.54 Å². The molecule has 0 saturated carbocycles. The van der Waals surface area contributed by atoms with Gasteiger partial charge in [0.1, 0.15) is 0 Å². The van der Waals surface area contributed by atoms with Gasteiger partial charge in [0.05, 0.1) is 6.04 Å². The quantitative estimate of drug-likeness (QED) is 0.797. The monoisotopic (exact) mass is 270 g/mol. The van der Waals surface area contributed by atoms with Crippen LogP contribution in [0.1, 0.15) is 25.8 Å². The van der Waals surface area contributed by atoms with E-state index >= 15 is 0 Å². The Morgan fingerprint density at radius 3 is 2.50 bits per heavy atom. The fraction of sp³-hybridized carbons (Fsp3) is 0.500. The summed E-state index contributed by atoms with van der Waals surface area (Å²) in [5.74, 6) is 0.0781. The van der Waals surface area contributed by atoms with Crippen LogP contribution in [0.5, 0.6) is 0 Å². The zero-order valence-electron chi connectivity index (χ0n) is 11.1. The van der Waals surface area contributed by atoms with Crippen LogP contribution in [0, 0.1) is 0 Å². The standard InChI is InChI=1S/C14H22N2O.ClH/c1-3-10-15-12(2)14(17)16-11-9-13-7-5-4-6-8-13;/h4-8,12,15H,3,9-11H2,1-2H3,(H,16,17);1H. The summed E-state index contributed by atoms with van der Waals surface area (Å²) < 4.78 is 0. The van der Waals surface area contributed by atoms with Gasteiger partial charge >= 0.3 is 0 Å². The number of hydrogen-bond acceptors (Lipinski definition) is 2. The van der Waals surface area contributed by atoms with Crippen LogP contribution in [0.15, 0.2) is 30.3 Å². The first-order chi connectivity index (χ1) is 8.24. The molecule has 0 saturated heterocycles. The minimum absolute atomic E-state index is 0. The first-order valence-electron chi connectivity index (χ1n) is 6.29. The number of amides is 1. The average molecular weight is 271 g/mol. The largest absolute Gasteiger partial charge is 0.354 e. The van der Waals surface area contributed by atoms with E-state index in [9.17, 15) is 4.79 Å². The van der Waals surface area contributed by atoms with Gasteiger partial charge in [0, 0.05) is 6.54 Å². The van der Waals surface area contributed by atoms with Gasteiger partial charge in [-0.15, -0.1) is 12.4 Å². The SMILES string of the molecule is CCCNC(C)C(=O)NCCc1ccccc1.Cl. The van der Waals surface area contributed by atoms with E-state index in [1.54, 1.807) is 0 Å². The van der Waals surface area contributed by atoms with Crippen LogP contribution in [-0.4, -0.2) is 25.0 Å². The van der Waals surface area contributed by atoms with Crippen molar-refractivity contribution in [1.29, 1.82) is 0 Å². The van der Waals surface area contributed by atoms with Crippen LogP contribution in [-0.2, 0) is 11.2 Å². The minimum Gasteiger partial charge on any atom is -0.354 e. The van der Waals surface area contributed by atoms with E-state index in [0.717, 1.165) is 19.4 Å². The lowest BCUT2D eigenvalue weighted by atomic mass is 10.1. The molecule has 102 valence electrons.